The Morgan fingerprint density at radius 1 is 1.04 bits per heavy atom. The third kappa shape index (κ3) is 5.95. The van der Waals surface area contributed by atoms with E-state index < -0.39 is 0 Å². The van der Waals surface area contributed by atoms with Crippen LogP contribution in [0, 0.1) is 0 Å². The van der Waals surface area contributed by atoms with Gasteiger partial charge in [0.2, 0.25) is 17.7 Å². The molecular formula is C18H32N4O4. The van der Waals surface area contributed by atoms with Gasteiger partial charge in [-0.25, -0.2) is 0 Å². The highest BCUT2D eigenvalue weighted by atomic mass is 16.5. The first kappa shape index (κ1) is 20.6. The molecule has 0 unspecified atom stereocenters. The van der Waals surface area contributed by atoms with E-state index in [0.717, 1.165) is 19.3 Å². The third-order valence-corrected chi connectivity index (χ3v) is 5.16. The molecule has 2 fully saturated rings. The van der Waals surface area contributed by atoms with Crippen LogP contribution in [0.2, 0.25) is 0 Å². The smallest absolute Gasteiger partial charge is 0.222 e. The quantitative estimate of drug-likeness (QED) is 0.609. The number of nitrogens with one attached hydrogen (secondary N) is 1. The normalized spacial score (nSPS) is 19.5. The summed E-state index contributed by atoms with van der Waals surface area (Å²) in [7, 11) is 0. The van der Waals surface area contributed by atoms with Gasteiger partial charge in [0.15, 0.2) is 0 Å². The molecule has 148 valence electrons. The van der Waals surface area contributed by atoms with Gasteiger partial charge in [-0.1, -0.05) is 0 Å². The van der Waals surface area contributed by atoms with Crippen molar-refractivity contribution in [1.29, 1.82) is 0 Å². The molecule has 8 heteroatoms. The largest absolute Gasteiger partial charge is 0.371 e. The lowest BCUT2D eigenvalue weighted by Gasteiger charge is -2.47. The van der Waals surface area contributed by atoms with E-state index in [1.54, 1.807) is 0 Å². The number of morpholine rings is 1. The number of hydrogen-bond acceptors (Lipinski definition) is 5. The van der Waals surface area contributed by atoms with E-state index in [2.05, 4.69) is 5.32 Å². The molecular weight excluding hydrogens is 336 g/mol. The van der Waals surface area contributed by atoms with Crippen molar-refractivity contribution in [3.8, 4) is 0 Å². The molecule has 0 aromatic carbocycles. The Hall–Kier alpha value is -1.67. The lowest BCUT2D eigenvalue weighted by atomic mass is 9.89. The van der Waals surface area contributed by atoms with E-state index in [-0.39, 0.29) is 23.3 Å². The number of piperidine rings is 1. The number of amides is 3. The zero-order valence-corrected chi connectivity index (χ0v) is 15.8. The molecule has 0 atom stereocenters. The molecule has 26 heavy (non-hydrogen) atoms. The average Bonchev–Trinajstić information content (AvgIpc) is 2.63. The molecule has 0 saturated carbocycles. The van der Waals surface area contributed by atoms with Crippen LogP contribution in [0.4, 0.5) is 0 Å². The van der Waals surface area contributed by atoms with Crippen LogP contribution in [-0.2, 0) is 19.1 Å². The highest BCUT2D eigenvalue weighted by Crippen LogP contribution is 2.30. The summed E-state index contributed by atoms with van der Waals surface area (Å²) in [6.07, 6.45) is 3.82. The zero-order valence-electron chi connectivity index (χ0n) is 15.8. The van der Waals surface area contributed by atoms with Crippen LogP contribution in [0.3, 0.4) is 0 Å². The first-order valence-electron chi connectivity index (χ1n) is 9.60. The number of likely N-dealkylation sites (tertiary alicyclic amines) is 1. The van der Waals surface area contributed by atoms with Gasteiger partial charge in [0.1, 0.15) is 0 Å². The molecule has 2 aliphatic rings. The fourth-order valence-electron chi connectivity index (χ4n) is 3.60. The second-order valence-electron chi connectivity index (χ2n) is 7.21. The summed E-state index contributed by atoms with van der Waals surface area (Å²) in [6.45, 7) is 5.62. The molecule has 2 rings (SSSR count). The number of nitrogens with zero attached hydrogens (tertiary/aromatic N) is 2. The minimum absolute atomic E-state index is 0.0736. The van der Waals surface area contributed by atoms with Gasteiger partial charge < -0.3 is 25.6 Å². The number of hydrogen-bond donors (Lipinski definition) is 2. The fraction of sp³-hybridized carbons (Fsp3) is 0.833. The van der Waals surface area contributed by atoms with Crippen LogP contribution >= 0.6 is 0 Å². The Morgan fingerprint density at radius 3 is 2.35 bits per heavy atom. The first-order valence-corrected chi connectivity index (χ1v) is 9.60. The van der Waals surface area contributed by atoms with Crippen molar-refractivity contribution in [2.45, 2.75) is 51.0 Å². The molecule has 2 saturated heterocycles. The summed E-state index contributed by atoms with van der Waals surface area (Å²) in [5, 5.41) is 2.71. The van der Waals surface area contributed by atoms with Crippen molar-refractivity contribution >= 4 is 17.7 Å². The molecule has 0 bridgehead atoms. The molecule has 0 radical (unpaired) electrons. The maximum atomic E-state index is 12.4. The van der Waals surface area contributed by atoms with Crippen LogP contribution in [0.25, 0.3) is 0 Å². The topological polar surface area (TPSA) is 105 Å². The highest BCUT2D eigenvalue weighted by Gasteiger charge is 2.41. The monoisotopic (exact) mass is 368 g/mol. The van der Waals surface area contributed by atoms with Crippen molar-refractivity contribution < 1.29 is 19.1 Å². The Morgan fingerprint density at radius 2 is 1.69 bits per heavy atom. The third-order valence-electron chi connectivity index (χ3n) is 5.16. The van der Waals surface area contributed by atoms with Gasteiger partial charge in [-0.3, -0.25) is 14.4 Å². The predicted octanol–water partition coefficient (Wildman–Crippen LogP) is -0.138. The van der Waals surface area contributed by atoms with Crippen LogP contribution in [0.15, 0.2) is 0 Å². The molecule has 0 aromatic rings. The minimum Gasteiger partial charge on any atom is -0.371 e. The van der Waals surface area contributed by atoms with E-state index >= 15 is 0 Å². The Balaban J connectivity index is 1.78. The van der Waals surface area contributed by atoms with E-state index in [4.69, 9.17) is 10.5 Å². The number of ether oxygens (including phenoxy) is 1. The summed E-state index contributed by atoms with van der Waals surface area (Å²) in [6, 6.07) is 0. The maximum Gasteiger partial charge on any atom is 0.222 e. The van der Waals surface area contributed by atoms with Crippen molar-refractivity contribution in [2.24, 2.45) is 5.73 Å². The van der Waals surface area contributed by atoms with Crippen molar-refractivity contribution in [1.82, 2.24) is 15.1 Å². The predicted molar refractivity (Wildman–Crippen MR) is 97.3 cm³/mol. The van der Waals surface area contributed by atoms with Gasteiger partial charge in [0, 0.05) is 52.5 Å². The van der Waals surface area contributed by atoms with Gasteiger partial charge in [-0.15, -0.1) is 0 Å². The molecule has 0 aliphatic carbocycles. The van der Waals surface area contributed by atoms with Gasteiger partial charge in [-0.2, -0.15) is 0 Å². The Bertz CT molecular complexity index is 503. The van der Waals surface area contributed by atoms with E-state index in [9.17, 15) is 14.4 Å². The standard InChI is InChI=1S/C18H32N4O4/c1-15(23)20-9-3-5-17(25)22-12-13-26-18(14-22)6-10-21(11-7-18)16(24)4-2-8-19/h2-14,19H2,1H3,(H,20,23). The molecule has 3 amide bonds. The van der Waals surface area contributed by atoms with Crippen molar-refractivity contribution in [3.63, 3.8) is 0 Å². The van der Waals surface area contributed by atoms with Crippen molar-refractivity contribution in [2.75, 3.05) is 45.9 Å². The Labute approximate surface area is 155 Å². The number of carbonyl (C=O) groups is 3. The summed E-state index contributed by atoms with van der Waals surface area (Å²) >= 11 is 0. The second-order valence-corrected chi connectivity index (χ2v) is 7.21. The van der Waals surface area contributed by atoms with Gasteiger partial charge >= 0.3 is 0 Å². The molecule has 8 nitrogen and oxygen atoms in total. The maximum absolute atomic E-state index is 12.4. The zero-order chi connectivity index (χ0) is 19.0. The molecule has 1 spiro atoms. The van der Waals surface area contributed by atoms with E-state index in [1.165, 1.54) is 6.92 Å². The number of nitrogens with two attached hydrogens (primary N) is 1. The number of rotatable bonds is 7. The average molecular weight is 368 g/mol. The van der Waals surface area contributed by atoms with Gasteiger partial charge in [0.05, 0.1) is 12.2 Å². The van der Waals surface area contributed by atoms with E-state index in [0.29, 0.717) is 65.1 Å². The lowest BCUT2D eigenvalue weighted by Crippen LogP contribution is -2.58. The van der Waals surface area contributed by atoms with Crippen molar-refractivity contribution in [3.05, 3.63) is 0 Å². The number of carbonyl (C=O) groups excluding carboxylic acids is 3. The van der Waals surface area contributed by atoms with Gasteiger partial charge in [0.25, 0.3) is 0 Å². The SMILES string of the molecule is CC(=O)NCCCC(=O)N1CCOC2(CCN(C(=O)CCCN)CC2)C1. The highest BCUT2D eigenvalue weighted by molar-refractivity contribution is 5.77. The molecule has 3 N–H and O–H groups in total. The molecule has 2 heterocycles. The lowest BCUT2D eigenvalue weighted by molar-refractivity contribution is -0.163. The Kier molecular flexibility index (Phi) is 7.84. The summed E-state index contributed by atoms with van der Waals surface area (Å²) in [5.41, 5.74) is 5.15. The summed E-state index contributed by atoms with van der Waals surface area (Å²) < 4.78 is 6.04. The summed E-state index contributed by atoms with van der Waals surface area (Å²) in [4.78, 5) is 39.2. The second kappa shape index (κ2) is 9.87. The molecule has 0 aromatic heterocycles. The fourth-order valence-corrected chi connectivity index (χ4v) is 3.60. The van der Waals surface area contributed by atoms with Crippen LogP contribution in [0.1, 0.15) is 45.4 Å². The van der Waals surface area contributed by atoms with E-state index in [1.807, 2.05) is 9.80 Å². The molecule has 2 aliphatic heterocycles. The minimum atomic E-state index is -0.323. The van der Waals surface area contributed by atoms with Crippen LogP contribution in [0.5, 0.6) is 0 Å². The summed E-state index contributed by atoms with van der Waals surface area (Å²) in [5.74, 6) is 0.196. The van der Waals surface area contributed by atoms with Gasteiger partial charge in [-0.05, 0) is 32.2 Å². The van der Waals surface area contributed by atoms with Crippen LogP contribution < -0.4 is 11.1 Å². The first-order chi connectivity index (χ1) is 12.5. The van der Waals surface area contributed by atoms with Crippen LogP contribution in [-0.4, -0.2) is 79.0 Å².